The van der Waals surface area contributed by atoms with Gasteiger partial charge in [-0.25, -0.2) is 8.42 Å². The summed E-state index contributed by atoms with van der Waals surface area (Å²) in [6.07, 6.45) is 1.91. The van der Waals surface area contributed by atoms with E-state index in [1.165, 1.54) is 6.07 Å². The number of carbonyl (C=O) groups is 2. The molecule has 2 aliphatic rings. The van der Waals surface area contributed by atoms with E-state index in [1.807, 2.05) is 13.8 Å². The highest BCUT2D eigenvalue weighted by Crippen LogP contribution is 2.38. The van der Waals surface area contributed by atoms with E-state index in [9.17, 15) is 23.1 Å². The van der Waals surface area contributed by atoms with E-state index in [-0.39, 0.29) is 29.6 Å². The van der Waals surface area contributed by atoms with Crippen LogP contribution in [0.3, 0.4) is 0 Å². The van der Waals surface area contributed by atoms with Gasteiger partial charge in [-0.2, -0.15) is 4.72 Å². The Morgan fingerprint density at radius 1 is 1.32 bits per heavy atom. The van der Waals surface area contributed by atoms with Crippen LogP contribution in [0.15, 0.2) is 17.0 Å². The molecular weight excluding hydrogens is 344 g/mol. The molecule has 2 heterocycles. The Morgan fingerprint density at radius 3 is 2.64 bits per heavy atom. The highest BCUT2D eigenvalue weighted by molar-refractivity contribution is 7.89. The summed E-state index contributed by atoms with van der Waals surface area (Å²) in [5.74, 6) is -1.17. The molecule has 0 fully saturated rings. The lowest BCUT2D eigenvalue weighted by Gasteiger charge is -2.26. The molecule has 1 aromatic rings. The molecule has 25 heavy (non-hydrogen) atoms. The third-order valence-electron chi connectivity index (χ3n) is 4.59. The smallest absolute Gasteiger partial charge is 0.321 e. The largest absolute Gasteiger partial charge is 0.480 e. The molecule has 1 atom stereocenters. The number of aliphatic carboxylic acids is 1. The number of sulfonamides is 1. The number of aryl methyl sites for hydroxylation is 1. The van der Waals surface area contributed by atoms with Gasteiger partial charge in [0.2, 0.25) is 15.9 Å². The van der Waals surface area contributed by atoms with Crippen molar-refractivity contribution in [1.29, 1.82) is 0 Å². The molecule has 0 saturated heterocycles. The number of nitrogens with one attached hydrogen (secondary N) is 1. The van der Waals surface area contributed by atoms with Gasteiger partial charge in [-0.15, -0.1) is 0 Å². The van der Waals surface area contributed by atoms with Crippen molar-refractivity contribution in [2.75, 3.05) is 11.4 Å². The fourth-order valence-electron chi connectivity index (χ4n) is 3.53. The molecule has 1 amide bonds. The third-order valence-corrected chi connectivity index (χ3v) is 6.05. The Bertz CT molecular complexity index is 832. The van der Waals surface area contributed by atoms with Gasteiger partial charge in [0.05, 0.1) is 17.0 Å². The molecule has 2 N–H and O–H groups in total. The normalized spacial score (nSPS) is 17.7. The average molecular weight is 366 g/mol. The molecule has 0 aliphatic carbocycles. The summed E-state index contributed by atoms with van der Waals surface area (Å²) in [5.41, 5.74) is 2.39. The van der Waals surface area contributed by atoms with E-state index >= 15 is 0 Å². The summed E-state index contributed by atoms with van der Waals surface area (Å²) < 4.78 is 27.7. The molecule has 0 bridgehead atoms. The van der Waals surface area contributed by atoms with Crippen molar-refractivity contribution in [2.45, 2.75) is 50.5 Å². The van der Waals surface area contributed by atoms with Gasteiger partial charge in [-0.3, -0.25) is 9.59 Å². The van der Waals surface area contributed by atoms with Gasteiger partial charge in [0.25, 0.3) is 0 Å². The van der Waals surface area contributed by atoms with E-state index in [4.69, 9.17) is 0 Å². The van der Waals surface area contributed by atoms with Gasteiger partial charge in [0.1, 0.15) is 6.04 Å². The van der Waals surface area contributed by atoms with Crippen LogP contribution in [0.4, 0.5) is 5.69 Å². The number of carboxylic acid groups (broad SMARTS) is 1. The minimum atomic E-state index is -3.98. The highest BCUT2D eigenvalue weighted by atomic mass is 32.2. The average Bonchev–Trinajstić information content (AvgIpc) is 2.84. The topological polar surface area (TPSA) is 104 Å². The van der Waals surface area contributed by atoms with Gasteiger partial charge in [0, 0.05) is 6.54 Å². The molecule has 3 rings (SSSR count). The van der Waals surface area contributed by atoms with Crippen LogP contribution in [0.25, 0.3) is 0 Å². The van der Waals surface area contributed by atoms with E-state index in [0.29, 0.717) is 18.5 Å². The Morgan fingerprint density at radius 2 is 2.00 bits per heavy atom. The predicted octanol–water partition coefficient (Wildman–Crippen LogP) is 1.30. The van der Waals surface area contributed by atoms with Gasteiger partial charge >= 0.3 is 5.97 Å². The van der Waals surface area contributed by atoms with Crippen molar-refractivity contribution in [3.63, 3.8) is 0 Å². The standard InChI is InChI=1S/C17H22N2O5S/c1-10(2)6-14(17(21)22)18-25(23,24)13-7-11-4-3-5-19-15(20)9-12(8-13)16(11)19/h7-8,10,14,18H,3-6,9H2,1-2H3,(H,21,22). The number of anilines is 1. The van der Waals surface area contributed by atoms with E-state index in [2.05, 4.69) is 4.72 Å². The maximum Gasteiger partial charge on any atom is 0.321 e. The van der Waals surface area contributed by atoms with Crippen molar-refractivity contribution in [2.24, 2.45) is 5.92 Å². The van der Waals surface area contributed by atoms with Crippen LogP contribution in [0.1, 0.15) is 37.8 Å². The molecule has 0 saturated carbocycles. The second kappa shape index (κ2) is 6.42. The molecule has 1 aromatic carbocycles. The van der Waals surface area contributed by atoms with Crippen LogP contribution < -0.4 is 9.62 Å². The van der Waals surface area contributed by atoms with Crippen molar-refractivity contribution < 1.29 is 23.1 Å². The van der Waals surface area contributed by atoms with Gasteiger partial charge in [-0.05, 0) is 48.4 Å². The molecule has 2 aliphatic heterocycles. The minimum absolute atomic E-state index is 0.0123. The Kier molecular flexibility index (Phi) is 4.59. The number of hydrogen-bond acceptors (Lipinski definition) is 4. The number of rotatable bonds is 6. The monoisotopic (exact) mass is 366 g/mol. The molecular formula is C17H22N2O5S. The number of nitrogens with zero attached hydrogens (tertiary/aromatic N) is 1. The summed E-state index contributed by atoms with van der Waals surface area (Å²) in [6.45, 7) is 4.34. The zero-order valence-corrected chi connectivity index (χ0v) is 15.1. The summed E-state index contributed by atoms with van der Waals surface area (Å²) in [4.78, 5) is 25.2. The predicted molar refractivity (Wildman–Crippen MR) is 92.0 cm³/mol. The first-order chi connectivity index (χ1) is 11.7. The maximum absolute atomic E-state index is 12.7. The lowest BCUT2D eigenvalue weighted by atomic mass is 10.0. The van der Waals surface area contributed by atoms with Crippen LogP contribution >= 0.6 is 0 Å². The van der Waals surface area contributed by atoms with Crippen LogP contribution in [0.2, 0.25) is 0 Å². The van der Waals surface area contributed by atoms with Crippen molar-refractivity contribution in [3.8, 4) is 0 Å². The lowest BCUT2D eigenvalue weighted by molar-refractivity contribution is -0.139. The highest BCUT2D eigenvalue weighted by Gasteiger charge is 2.34. The lowest BCUT2D eigenvalue weighted by Crippen LogP contribution is -2.41. The van der Waals surface area contributed by atoms with Crippen molar-refractivity contribution in [3.05, 3.63) is 23.3 Å². The maximum atomic E-state index is 12.7. The van der Waals surface area contributed by atoms with E-state index in [0.717, 1.165) is 17.7 Å². The molecule has 0 spiro atoms. The molecule has 1 unspecified atom stereocenters. The summed E-state index contributed by atoms with van der Waals surface area (Å²) in [6, 6.07) is 1.89. The fraction of sp³-hybridized carbons (Fsp3) is 0.529. The van der Waals surface area contributed by atoms with Crippen LogP contribution in [0.5, 0.6) is 0 Å². The first-order valence-corrected chi connectivity index (χ1v) is 9.88. The zero-order valence-electron chi connectivity index (χ0n) is 14.3. The zero-order chi connectivity index (χ0) is 18.4. The van der Waals surface area contributed by atoms with Crippen LogP contribution in [-0.2, 0) is 32.5 Å². The first kappa shape index (κ1) is 17.9. The summed E-state index contributed by atoms with van der Waals surface area (Å²) in [7, 11) is -3.98. The van der Waals surface area contributed by atoms with E-state index in [1.54, 1.807) is 11.0 Å². The number of benzene rings is 1. The Balaban J connectivity index is 1.95. The second-order valence-electron chi connectivity index (χ2n) is 7.06. The molecule has 0 radical (unpaired) electrons. The minimum Gasteiger partial charge on any atom is -0.480 e. The number of carboxylic acids is 1. The molecule has 0 aromatic heterocycles. The number of amides is 1. The van der Waals surface area contributed by atoms with Crippen LogP contribution in [0, 0.1) is 5.92 Å². The fourth-order valence-corrected chi connectivity index (χ4v) is 4.83. The number of hydrogen-bond donors (Lipinski definition) is 2. The summed E-state index contributed by atoms with van der Waals surface area (Å²) in [5, 5.41) is 9.29. The van der Waals surface area contributed by atoms with Gasteiger partial charge in [-0.1, -0.05) is 13.8 Å². The Labute approximate surface area is 147 Å². The van der Waals surface area contributed by atoms with Gasteiger partial charge < -0.3 is 10.0 Å². The van der Waals surface area contributed by atoms with Crippen LogP contribution in [-0.4, -0.2) is 38.0 Å². The second-order valence-corrected chi connectivity index (χ2v) is 8.77. The number of carbonyl (C=O) groups excluding carboxylic acids is 1. The molecule has 136 valence electrons. The van der Waals surface area contributed by atoms with Gasteiger partial charge in [0.15, 0.2) is 0 Å². The SMILES string of the molecule is CC(C)CC(NS(=O)(=O)c1cc2c3c(c1)CC(=O)N3CCC2)C(=O)O. The quantitative estimate of drug-likeness (QED) is 0.790. The molecule has 7 nitrogen and oxygen atoms in total. The first-order valence-electron chi connectivity index (χ1n) is 8.40. The van der Waals surface area contributed by atoms with E-state index < -0.39 is 22.0 Å². The Hall–Kier alpha value is -1.93. The van der Waals surface area contributed by atoms with Crippen molar-refractivity contribution in [1.82, 2.24) is 4.72 Å². The molecule has 8 heteroatoms. The summed E-state index contributed by atoms with van der Waals surface area (Å²) >= 11 is 0. The third kappa shape index (κ3) is 3.41. The van der Waals surface area contributed by atoms with Crippen molar-refractivity contribution >= 4 is 27.6 Å².